The van der Waals surface area contributed by atoms with Gasteiger partial charge in [-0.3, -0.25) is 0 Å². The van der Waals surface area contributed by atoms with Crippen molar-refractivity contribution in [2.45, 2.75) is 44.9 Å². The molecule has 22 heavy (non-hydrogen) atoms. The molecule has 0 atom stereocenters. The van der Waals surface area contributed by atoms with Crippen LogP contribution in [0.3, 0.4) is 0 Å². The van der Waals surface area contributed by atoms with E-state index in [-0.39, 0.29) is 5.41 Å². The number of rotatable bonds is 1. The van der Waals surface area contributed by atoms with Crippen LogP contribution in [0.1, 0.15) is 50.7 Å². The van der Waals surface area contributed by atoms with Crippen molar-refractivity contribution in [1.29, 1.82) is 0 Å². The SMILES string of the molecule is CC1(C)C2=C(CCC(C3=CCCC=C3)=C2)c2ccc(I)cc21. The fourth-order valence-corrected chi connectivity index (χ4v) is 4.58. The molecule has 1 aromatic carbocycles. The van der Waals surface area contributed by atoms with Gasteiger partial charge in [-0.1, -0.05) is 44.2 Å². The molecule has 0 aliphatic heterocycles. The summed E-state index contributed by atoms with van der Waals surface area (Å²) in [6.45, 7) is 4.77. The maximum atomic E-state index is 2.49. The average molecular weight is 400 g/mol. The van der Waals surface area contributed by atoms with Crippen LogP contribution in [0.4, 0.5) is 0 Å². The van der Waals surface area contributed by atoms with E-state index in [2.05, 4.69) is 78.9 Å². The monoisotopic (exact) mass is 400 g/mol. The molecule has 0 nitrogen and oxygen atoms in total. The quantitative estimate of drug-likeness (QED) is 0.483. The summed E-state index contributed by atoms with van der Waals surface area (Å²) in [6.07, 6.45) is 14.3. The molecular formula is C21H21I. The molecule has 3 aliphatic rings. The summed E-state index contributed by atoms with van der Waals surface area (Å²) in [6, 6.07) is 6.96. The summed E-state index contributed by atoms with van der Waals surface area (Å²) in [5, 5.41) is 0. The Morgan fingerprint density at radius 1 is 1.09 bits per heavy atom. The number of hydrogen-bond acceptors (Lipinski definition) is 0. The molecule has 0 aromatic heterocycles. The lowest BCUT2D eigenvalue weighted by Gasteiger charge is -2.26. The molecule has 0 heterocycles. The fraction of sp³-hybridized carbons (Fsp3) is 0.333. The second-order valence-electron chi connectivity index (χ2n) is 7.02. The van der Waals surface area contributed by atoms with Crippen LogP contribution < -0.4 is 0 Å². The van der Waals surface area contributed by atoms with E-state index >= 15 is 0 Å². The minimum Gasteiger partial charge on any atom is -0.0836 e. The first-order valence-corrected chi connectivity index (χ1v) is 9.27. The van der Waals surface area contributed by atoms with Crippen LogP contribution in [0, 0.1) is 3.57 Å². The maximum Gasteiger partial charge on any atom is 0.0156 e. The van der Waals surface area contributed by atoms with Gasteiger partial charge < -0.3 is 0 Å². The van der Waals surface area contributed by atoms with Crippen molar-refractivity contribution in [2.75, 3.05) is 0 Å². The van der Waals surface area contributed by atoms with E-state index < -0.39 is 0 Å². The molecule has 0 fully saturated rings. The molecule has 0 radical (unpaired) electrons. The van der Waals surface area contributed by atoms with Gasteiger partial charge >= 0.3 is 0 Å². The molecule has 3 aliphatic carbocycles. The topological polar surface area (TPSA) is 0 Å². The Bertz CT molecular complexity index is 769. The van der Waals surface area contributed by atoms with Gasteiger partial charge in [0.15, 0.2) is 0 Å². The third-order valence-electron chi connectivity index (χ3n) is 5.31. The van der Waals surface area contributed by atoms with Gasteiger partial charge in [-0.05, 0) is 93.8 Å². The molecule has 0 spiro atoms. The standard InChI is InChI=1S/C21H21I/c1-21(2)19-12-15(14-6-4-3-5-7-14)8-10-17(19)18-11-9-16(22)13-20(18)21/h4,6-7,9,11-13H,3,5,8,10H2,1-2H3. The van der Waals surface area contributed by atoms with E-state index in [1.165, 1.54) is 51.5 Å². The molecule has 0 amide bonds. The lowest BCUT2D eigenvalue weighted by atomic mass is 9.78. The largest absolute Gasteiger partial charge is 0.0836 e. The molecule has 0 N–H and O–H groups in total. The van der Waals surface area contributed by atoms with Gasteiger partial charge in [0, 0.05) is 8.99 Å². The average Bonchev–Trinajstić information content (AvgIpc) is 2.76. The van der Waals surface area contributed by atoms with Gasteiger partial charge in [-0.2, -0.15) is 0 Å². The lowest BCUT2D eigenvalue weighted by Crippen LogP contribution is -2.17. The highest BCUT2D eigenvalue weighted by Gasteiger charge is 2.38. The number of fused-ring (bicyclic) bond motifs is 2. The first kappa shape index (κ1) is 14.5. The van der Waals surface area contributed by atoms with Gasteiger partial charge in [0.2, 0.25) is 0 Å². The van der Waals surface area contributed by atoms with Crippen molar-refractivity contribution in [1.82, 2.24) is 0 Å². The van der Waals surface area contributed by atoms with Crippen LogP contribution in [0.5, 0.6) is 0 Å². The van der Waals surface area contributed by atoms with Crippen molar-refractivity contribution in [3.05, 3.63) is 73.9 Å². The third kappa shape index (κ3) is 2.17. The highest BCUT2D eigenvalue weighted by Crippen LogP contribution is 2.51. The minimum absolute atomic E-state index is 0.135. The summed E-state index contributed by atoms with van der Waals surface area (Å²) >= 11 is 2.43. The molecule has 0 unspecified atom stereocenters. The van der Waals surface area contributed by atoms with Gasteiger partial charge in [0.1, 0.15) is 0 Å². The van der Waals surface area contributed by atoms with Crippen LogP contribution in [0.15, 0.2) is 59.2 Å². The van der Waals surface area contributed by atoms with E-state index in [1.807, 2.05) is 0 Å². The van der Waals surface area contributed by atoms with Crippen molar-refractivity contribution in [2.24, 2.45) is 0 Å². The smallest absolute Gasteiger partial charge is 0.0156 e. The number of hydrogen-bond donors (Lipinski definition) is 0. The fourth-order valence-electron chi connectivity index (χ4n) is 4.09. The predicted molar refractivity (Wildman–Crippen MR) is 103 cm³/mol. The Morgan fingerprint density at radius 3 is 2.73 bits per heavy atom. The van der Waals surface area contributed by atoms with E-state index in [9.17, 15) is 0 Å². The summed E-state index contributed by atoms with van der Waals surface area (Å²) in [7, 11) is 0. The Hall–Kier alpha value is -1.09. The van der Waals surface area contributed by atoms with E-state index in [0.29, 0.717) is 0 Å². The van der Waals surface area contributed by atoms with E-state index in [1.54, 1.807) is 11.1 Å². The van der Waals surface area contributed by atoms with Gasteiger partial charge in [0.05, 0.1) is 0 Å². The van der Waals surface area contributed by atoms with Crippen LogP contribution in [-0.2, 0) is 5.41 Å². The van der Waals surface area contributed by atoms with E-state index in [4.69, 9.17) is 0 Å². The van der Waals surface area contributed by atoms with E-state index in [0.717, 1.165) is 0 Å². The van der Waals surface area contributed by atoms with Crippen LogP contribution >= 0.6 is 22.6 Å². The molecule has 0 saturated carbocycles. The Labute approximate surface area is 146 Å². The van der Waals surface area contributed by atoms with Crippen molar-refractivity contribution in [3.8, 4) is 0 Å². The molecule has 1 heteroatoms. The van der Waals surface area contributed by atoms with Crippen molar-refractivity contribution >= 4 is 28.2 Å². The van der Waals surface area contributed by atoms with Crippen LogP contribution in [0.25, 0.3) is 5.57 Å². The second kappa shape index (κ2) is 5.23. The number of allylic oxidation sites excluding steroid dienone is 8. The van der Waals surface area contributed by atoms with Crippen molar-refractivity contribution < 1.29 is 0 Å². The Balaban J connectivity index is 1.82. The first-order valence-electron chi connectivity index (χ1n) is 8.19. The van der Waals surface area contributed by atoms with Crippen molar-refractivity contribution in [3.63, 3.8) is 0 Å². The Kier molecular flexibility index (Phi) is 3.44. The van der Waals surface area contributed by atoms with Crippen LogP contribution in [0.2, 0.25) is 0 Å². The Morgan fingerprint density at radius 2 is 1.95 bits per heavy atom. The normalized spacial score (nSPS) is 22.1. The molecular weight excluding hydrogens is 379 g/mol. The lowest BCUT2D eigenvalue weighted by molar-refractivity contribution is 0.649. The predicted octanol–water partition coefficient (Wildman–Crippen LogP) is 6.33. The maximum absolute atomic E-state index is 2.49. The molecule has 0 saturated heterocycles. The number of halogens is 1. The molecule has 112 valence electrons. The summed E-state index contributed by atoms with van der Waals surface area (Å²) < 4.78 is 1.34. The third-order valence-corrected chi connectivity index (χ3v) is 5.98. The molecule has 4 rings (SSSR count). The highest BCUT2D eigenvalue weighted by molar-refractivity contribution is 14.1. The molecule has 0 bridgehead atoms. The highest BCUT2D eigenvalue weighted by atomic mass is 127. The summed E-state index contributed by atoms with van der Waals surface area (Å²) in [5.41, 5.74) is 9.26. The summed E-state index contributed by atoms with van der Waals surface area (Å²) in [5.74, 6) is 0. The zero-order valence-electron chi connectivity index (χ0n) is 13.2. The first-order chi connectivity index (χ1) is 10.6. The summed E-state index contributed by atoms with van der Waals surface area (Å²) in [4.78, 5) is 0. The van der Waals surface area contributed by atoms with Gasteiger partial charge in [-0.25, -0.2) is 0 Å². The minimum atomic E-state index is 0.135. The van der Waals surface area contributed by atoms with Gasteiger partial charge in [-0.15, -0.1) is 0 Å². The van der Waals surface area contributed by atoms with Gasteiger partial charge in [0.25, 0.3) is 0 Å². The molecule has 1 aromatic rings. The zero-order valence-corrected chi connectivity index (χ0v) is 15.4. The zero-order chi connectivity index (χ0) is 15.3. The second-order valence-corrected chi connectivity index (χ2v) is 8.26. The van der Waals surface area contributed by atoms with Crippen LogP contribution in [-0.4, -0.2) is 0 Å². The number of benzene rings is 1.